The highest BCUT2D eigenvalue weighted by Crippen LogP contribution is 2.17. The molecule has 0 amide bonds. The standard InChI is InChI=1S/C17H14BrN3/c1-12(8-13-2-5-16(18)6-3-13)21-17-7-4-14(10-19)15(9-17)11-20/h2-7,9,12,21H,8H2,1H3. The zero-order chi connectivity index (χ0) is 15.2. The highest BCUT2D eigenvalue weighted by atomic mass is 79.9. The van der Waals surface area contributed by atoms with Crippen LogP contribution < -0.4 is 5.32 Å². The van der Waals surface area contributed by atoms with Gasteiger partial charge in [-0.15, -0.1) is 0 Å². The van der Waals surface area contributed by atoms with Crippen LogP contribution in [0.25, 0.3) is 0 Å². The van der Waals surface area contributed by atoms with Crippen molar-refractivity contribution in [3.63, 3.8) is 0 Å². The number of nitriles is 2. The lowest BCUT2D eigenvalue weighted by atomic mass is 10.1. The minimum absolute atomic E-state index is 0.227. The van der Waals surface area contributed by atoms with Gasteiger partial charge in [0.15, 0.2) is 0 Å². The average molecular weight is 340 g/mol. The lowest BCUT2D eigenvalue weighted by Gasteiger charge is -2.16. The van der Waals surface area contributed by atoms with Crippen LogP contribution in [0.1, 0.15) is 23.6 Å². The van der Waals surface area contributed by atoms with E-state index in [1.54, 1.807) is 12.1 Å². The smallest absolute Gasteiger partial charge is 0.101 e. The first-order valence-electron chi connectivity index (χ1n) is 6.57. The predicted molar refractivity (Wildman–Crippen MR) is 86.8 cm³/mol. The van der Waals surface area contributed by atoms with Crippen molar-refractivity contribution >= 4 is 21.6 Å². The molecule has 0 spiro atoms. The van der Waals surface area contributed by atoms with Gasteiger partial charge in [0.1, 0.15) is 12.1 Å². The van der Waals surface area contributed by atoms with E-state index in [1.165, 1.54) is 5.56 Å². The normalized spacial score (nSPS) is 11.2. The fourth-order valence-corrected chi connectivity index (χ4v) is 2.40. The molecule has 0 aromatic heterocycles. The first-order chi connectivity index (χ1) is 10.1. The number of benzene rings is 2. The van der Waals surface area contributed by atoms with E-state index in [4.69, 9.17) is 10.5 Å². The van der Waals surface area contributed by atoms with Crippen molar-refractivity contribution in [1.29, 1.82) is 10.5 Å². The van der Waals surface area contributed by atoms with Gasteiger partial charge in [-0.25, -0.2) is 0 Å². The number of nitrogens with one attached hydrogen (secondary N) is 1. The number of hydrogen-bond donors (Lipinski definition) is 1. The summed E-state index contributed by atoms with van der Waals surface area (Å²) in [5.41, 5.74) is 2.91. The fourth-order valence-electron chi connectivity index (χ4n) is 2.13. The lowest BCUT2D eigenvalue weighted by molar-refractivity contribution is 0.790. The highest BCUT2D eigenvalue weighted by molar-refractivity contribution is 9.10. The van der Waals surface area contributed by atoms with E-state index in [0.717, 1.165) is 16.6 Å². The van der Waals surface area contributed by atoms with Crippen LogP contribution in [0, 0.1) is 22.7 Å². The third kappa shape index (κ3) is 4.08. The second kappa shape index (κ2) is 6.92. The first kappa shape index (κ1) is 15.1. The van der Waals surface area contributed by atoms with Crippen LogP contribution in [0.2, 0.25) is 0 Å². The van der Waals surface area contributed by atoms with Gasteiger partial charge in [-0.05, 0) is 49.2 Å². The van der Waals surface area contributed by atoms with E-state index < -0.39 is 0 Å². The third-order valence-corrected chi connectivity index (χ3v) is 3.66. The minimum Gasteiger partial charge on any atom is -0.382 e. The molecule has 3 nitrogen and oxygen atoms in total. The Morgan fingerprint density at radius 3 is 2.33 bits per heavy atom. The van der Waals surface area contributed by atoms with Gasteiger partial charge in [-0.3, -0.25) is 0 Å². The number of nitrogens with zero attached hydrogens (tertiary/aromatic N) is 2. The maximum absolute atomic E-state index is 9.04. The molecule has 2 aromatic rings. The largest absolute Gasteiger partial charge is 0.382 e. The van der Waals surface area contributed by atoms with E-state index in [9.17, 15) is 0 Å². The number of hydrogen-bond acceptors (Lipinski definition) is 3. The molecule has 0 bridgehead atoms. The van der Waals surface area contributed by atoms with Crippen LogP contribution in [-0.4, -0.2) is 6.04 Å². The Hall–Kier alpha value is -2.30. The van der Waals surface area contributed by atoms with Gasteiger partial charge in [-0.1, -0.05) is 28.1 Å². The summed E-state index contributed by atoms with van der Waals surface area (Å²) < 4.78 is 1.07. The molecule has 0 saturated carbocycles. The van der Waals surface area contributed by atoms with Crippen molar-refractivity contribution in [2.75, 3.05) is 5.32 Å². The minimum atomic E-state index is 0.227. The average Bonchev–Trinajstić information content (AvgIpc) is 2.49. The second-order valence-corrected chi connectivity index (χ2v) is 5.78. The zero-order valence-electron chi connectivity index (χ0n) is 11.6. The van der Waals surface area contributed by atoms with Crippen molar-refractivity contribution in [3.05, 3.63) is 63.6 Å². The molecule has 2 rings (SSSR count). The van der Waals surface area contributed by atoms with E-state index in [-0.39, 0.29) is 6.04 Å². The molecule has 1 atom stereocenters. The molecule has 0 aliphatic carbocycles. The Labute approximate surface area is 133 Å². The first-order valence-corrected chi connectivity index (χ1v) is 7.37. The van der Waals surface area contributed by atoms with Gasteiger partial charge >= 0.3 is 0 Å². The van der Waals surface area contributed by atoms with E-state index in [2.05, 4.69) is 40.3 Å². The maximum Gasteiger partial charge on any atom is 0.101 e. The van der Waals surface area contributed by atoms with Crippen molar-refractivity contribution < 1.29 is 0 Å². The Bertz CT molecular complexity index is 708. The van der Waals surface area contributed by atoms with E-state index >= 15 is 0 Å². The molecule has 0 aliphatic rings. The predicted octanol–water partition coefficient (Wildman–Crippen LogP) is 4.24. The van der Waals surface area contributed by atoms with Crippen molar-refractivity contribution in [2.45, 2.75) is 19.4 Å². The molecule has 0 radical (unpaired) electrons. The Balaban J connectivity index is 2.06. The summed E-state index contributed by atoms with van der Waals surface area (Å²) in [6.07, 6.45) is 0.884. The zero-order valence-corrected chi connectivity index (χ0v) is 13.2. The van der Waals surface area contributed by atoms with Crippen molar-refractivity contribution in [3.8, 4) is 12.1 Å². The van der Waals surface area contributed by atoms with Crippen LogP contribution in [0.3, 0.4) is 0 Å². The number of halogens is 1. The van der Waals surface area contributed by atoms with Crippen LogP contribution in [-0.2, 0) is 6.42 Å². The van der Waals surface area contributed by atoms with Crippen molar-refractivity contribution in [1.82, 2.24) is 0 Å². The molecule has 0 heterocycles. The summed E-state index contributed by atoms with van der Waals surface area (Å²) in [6.45, 7) is 2.09. The summed E-state index contributed by atoms with van der Waals surface area (Å²) in [5, 5.41) is 21.3. The third-order valence-electron chi connectivity index (χ3n) is 3.13. The molecule has 1 unspecified atom stereocenters. The van der Waals surface area contributed by atoms with Gasteiger partial charge in [0.05, 0.1) is 11.1 Å². The summed E-state index contributed by atoms with van der Waals surface area (Å²) >= 11 is 3.42. The number of rotatable bonds is 4. The quantitative estimate of drug-likeness (QED) is 0.906. The molecule has 1 N–H and O–H groups in total. The summed E-state index contributed by atoms with van der Waals surface area (Å²) in [5.74, 6) is 0. The van der Waals surface area contributed by atoms with Gasteiger partial charge in [0.2, 0.25) is 0 Å². The van der Waals surface area contributed by atoms with Crippen LogP contribution >= 0.6 is 15.9 Å². The summed E-state index contributed by atoms with van der Waals surface area (Å²) in [4.78, 5) is 0. The monoisotopic (exact) mass is 339 g/mol. The summed E-state index contributed by atoms with van der Waals surface area (Å²) in [7, 11) is 0. The second-order valence-electron chi connectivity index (χ2n) is 4.86. The number of anilines is 1. The van der Waals surface area contributed by atoms with Gasteiger partial charge in [-0.2, -0.15) is 10.5 Å². The maximum atomic E-state index is 9.04. The topological polar surface area (TPSA) is 59.6 Å². The molecule has 0 aliphatic heterocycles. The molecule has 104 valence electrons. The SMILES string of the molecule is CC(Cc1ccc(Br)cc1)Nc1ccc(C#N)c(C#N)c1. The van der Waals surface area contributed by atoms with Crippen LogP contribution in [0.5, 0.6) is 0 Å². The van der Waals surface area contributed by atoms with Crippen LogP contribution in [0.15, 0.2) is 46.9 Å². The van der Waals surface area contributed by atoms with Crippen molar-refractivity contribution in [2.24, 2.45) is 0 Å². The molecule has 21 heavy (non-hydrogen) atoms. The molecular formula is C17H14BrN3. The molecular weight excluding hydrogens is 326 g/mol. The van der Waals surface area contributed by atoms with Crippen LogP contribution in [0.4, 0.5) is 5.69 Å². The van der Waals surface area contributed by atoms with Gasteiger partial charge in [0, 0.05) is 16.2 Å². The van der Waals surface area contributed by atoms with Gasteiger partial charge in [0.25, 0.3) is 0 Å². The Morgan fingerprint density at radius 2 is 1.71 bits per heavy atom. The molecule has 0 saturated heterocycles. The summed E-state index contributed by atoms with van der Waals surface area (Å²) in [6, 6.07) is 17.7. The molecule has 4 heteroatoms. The lowest BCUT2D eigenvalue weighted by Crippen LogP contribution is -2.18. The van der Waals surface area contributed by atoms with Gasteiger partial charge < -0.3 is 5.32 Å². The molecule has 0 fully saturated rings. The van der Waals surface area contributed by atoms with E-state index in [1.807, 2.05) is 30.3 Å². The fraction of sp³-hybridized carbons (Fsp3) is 0.176. The Kier molecular flexibility index (Phi) is 4.98. The molecule has 2 aromatic carbocycles. The Morgan fingerprint density at radius 1 is 1.05 bits per heavy atom. The van der Waals surface area contributed by atoms with E-state index in [0.29, 0.717) is 11.1 Å². The highest BCUT2D eigenvalue weighted by Gasteiger charge is 2.07.